The molecule has 1 aliphatic heterocycles. The van der Waals surface area contributed by atoms with E-state index in [1.807, 2.05) is 25.1 Å². The first-order valence-corrected chi connectivity index (χ1v) is 9.56. The molecule has 0 aromatic carbocycles. The molecule has 0 amide bonds. The number of pyridine rings is 1. The minimum Gasteiger partial charge on any atom is -0.480 e. The zero-order chi connectivity index (χ0) is 20.5. The Labute approximate surface area is 166 Å². The van der Waals surface area contributed by atoms with Gasteiger partial charge in [-0.1, -0.05) is 6.07 Å². The van der Waals surface area contributed by atoms with E-state index in [2.05, 4.69) is 19.7 Å². The molecule has 0 atom stereocenters. The quantitative estimate of drug-likeness (QED) is 0.707. The van der Waals surface area contributed by atoms with Crippen LogP contribution >= 0.6 is 0 Å². The van der Waals surface area contributed by atoms with Crippen LogP contribution in [0.3, 0.4) is 0 Å². The average Bonchev–Trinajstić information content (AvgIpc) is 2.65. The predicted octanol–water partition coefficient (Wildman–Crippen LogP) is -0.154. The van der Waals surface area contributed by atoms with Gasteiger partial charge < -0.3 is 20.0 Å². The van der Waals surface area contributed by atoms with Crippen molar-refractivity contribution < 1.29 is 19.8 Å². The molecule has 1 aliphatic rings. The molecule has 1 aromatic heterocycles. The highest BCUT2D eigenvalue weighted by Gasteiger charge is 2.16. The molecule has 0 spiro atoms. The van der Waals surface area contributed by atoms with Crippen LogP contribution in [0.1, 0.15) is 16.2 Å². The SMILES string of the molecule is CN1CCN(CC(=O)O)CCN(C)CCN(Cc2cccc(C(=O)O)n2)CC1. The van der Waals surface area contributed by atoms with Crippen molar-refractivity contribution >= 4 is 11.9 Å². The van der Waals surface area contributed by atoms with E-state index in [0.29, 0.717) is 6.54 Å². The van der Waals surface area contributed by atoms with Crippen LogP contribution in [0.15, 0.2) is 18.2 Å². The Balaban J connectivity index is 2.00. The van der Waals surface area contributed by atoms with Crippen molar-refractivity contribution in [2.75, 3.05) is 73.0 Å². The normalized spacial score (nSPS) is 19.6. The number of carboxylic acids is 2. The van der Waals surface area contributed by atoms with Crippen molar-refractivity contribution in [2.45, 2.75) is 6.54 Å². The van der Waals surface area contributed by atoms with Crippen LogP contribution in [-0.2, 0) is 11.3 Å². The Morgan fingerprint density at radius 2 is 1.43 bits per heavy atom. The van der Waals surface area contributed by atoms with Crippen molar-refractivity contribution in [2.24, 2.45) is 0 Å². The molecular formula is C19H31N5O4. The van der Waals surface area contributed by atoms with E-state index in [9.17, 15) is 9.59 Å². The molecule has 0 radical (unpaired) electrons. The van der Waals surface area contributed by atoms with Gasteiger partial charge in [0.2, 0.25) is 0 Å². The lowest BCUT2D eigenvalue weighted by Crippen LogP contribution is -2.45. The highest BCUT2D eigenvalue weighted by Crippen LogP contribution is 2.06. The van der Waals surface area contributed by atoms with Crippen LogP contribution < -0.4 is 0 Å². The second kappa shape index (κ2) is 11.1. The third-order valence-electron chi connectivity index (χ3n) is 4.96. The number of carboxylic acid groups (broad SMARTS) is 2. The summed E-state index contributed by atoms with van der Waals surface area (Å²) in [5, 5.41) is 18.2. The Hall–Kier alpha value is -2.07. The number of hydrogen-bond donors (Lipinski definition) is 2. The molecule has 2 heterocycles. The summed E-state index contributed by atoms with van der Waals surface area (Å²) in [7, 11) is 4.08. The second-order valence-electron chi connectivity index (χ2n) is 7.37. The molecule has 0 unspecified atom stereocenters. The lowest BCUT2D eigenvalue weighted by molar-refractivity contribution is -0.138. The van der Waals surface area contributed by atoms with Crippen LogP contribution in [0.4, 0.5) is 0 Å². The summed E-state index contributed by atoms with van der Waals surface area (Å²) >= 11 is 0. The molecule has 2 N–H and O–H groups in total. The Morgan fingerprint density at radius 1 is 0.893 bits per heavy atom. The first-order valence-electron chi connectivity index (χ1n) is 9.56. The summed E-state index contributed by atoms with van der Waals surface area (Å²) < 4.78 is 0. The summed E-state index contributed by atoms with van der Waals surface area (Å²) in [5.74, 6) is -1.81. The van der Waals surface area contributed by atoms with Crippen molar-refractivity contribution in [3.63, 3.8) is 0 Å². The van der Waals surface area contributed by atoms with Gasteiger partial charge in [-0.3, -0.25) is 14.6 Å². The fraction of sp³-hybridized carbons (Fsp3) is 0.632. The van der Waals surface area contributed by atoms with Gasteiger partial charge in [-0.2, -0.15) is 0 Å². The van der Waals surface area contributed by atoms with Crippen LogP contribution in [0, 0.1) is 0 Å². The van der Waals surface area contributed by atoms with Gasteiger partial charge in [-0.15, -0.1) is 0 Å². The first-order chi connectivity index (χ1) is 13.3. The fourth-order valence-electron chi connectivity index (χ4n) is 3.12. The number of aromatic nitrogens is 1. The van der Waals surface area contributed by atoms with Crippen molar-refractivity contribution in [1.29, 1.82) is 0 Å². The van der Waals surface area contributed by atoms with Gasteiger partial charge in [0.25, 0.3) is 0 Å². The molecule has 0 saturated carbocycles. The van der Waals surface area contributed by atoms with E-state index in [1.54, 1.807) is 6.07 Å². The van der Waals surface area contributed by atoms with Crippen molar-refractivity contribution in [3.05, 3.63) is 29.6 Å². The van der Waals surface area contributed by atoms with Gasteiger partial charge >= 0.3 is 11.9 Å². The highest BCUT2D eigenvalue weighted by molar-refractivity contribution is 5.85. The third kappa shape index (κ3) is 7.89. The summed E-state index contributed by atoms with van der Waals surface area (Å²) in [6, 6.07) is 5.10. The fourth-order valence-corrected chi connectivity index (χ4v) is 3.12. The van der Waals surface area contributed by atoms with E-state index in [-0.39, 0.29) is 12.2 Å². The number of likely N-dealkylation sites (N-methyl/N-ethyl adjacent to an activating group) is 2. The van der Waals surface area contributed by atoms with Crippen LogP contribution in [-0.4, -0.2) is 120 Å². The highest BCUT2D eigenvalue weighted by atomic mass is 16.4. The molecule has 9 heteroatoms. The summed E-state index contributed by atoms with van der Waals surface area (Å²) in [6.07, 6.45) is 0. The molecule has 1 saturated heterocycles. The third-order valence-corrected chi connectivity index (χ3v) is 4.96. The number of nitrogens with zero attached hydrogens (tertiary/aromatic N) is 5. The zero-order valence-corrected chi connectivity index (χ0v) is 16.8. The Bertz CT molecular complexity index is 639. The summed E-state index contributed by atoms with van der Waals surface area (Å²) in [4.78, 5) is 35.1. The number of aromatic carboxylic acids is 1. The maximum atomic E-state index is 11.1. The minimum absolute atomic E-state index is 0.0688. The molecule has 1 aromatic rings. The zero-order valence-electron chi connectivity index (χ0n) is 16.8. The van der Waals surface area contributed by atoms with Gasteiger partial charge in [-0.25, -0.2) is 9.78 Å². The second-order valence-corrected chi connectivity index (χ2v) is 7.37. The topological polar surface area (TPSA) is 100 Å². The maximum Gasteiger partial charge on any atom is 0.354 e. The van der Waals surface area contributed by atoms with E-state index in [0.717, 1.165) is 58.1 Å². The first kappa shape index (κ1) is 22.2. The van der Waals surface area contributed by atoms with Crippen LogP contribution in [0.25, 0.3) is 0 Å². The van der Waals surface area contributed by atoms with Gasteiger partial charge in [0.1, 0.15) is 5.69 Å². The van der Waals surface area contributed by atoms with E-state index < -0.39 is 11.9 Å². The number of hydrogen-bond acceptors (Lipinski definition) is 7. The molecule has 2 rings (SSSR count). The largest absolute Gasteiger partial charge is 0.480 e. The number of rotatable bonds is 5. The predicted molar refractivity (Wildman–Crippen MR) is 106 cm³/mol. The molecule has 1 fully saturated rings. The van der Waals surface area contributed by atoms with Crippen molar-refractivity contribution in [1.82, 2.24) is 24.6 Å². The van der Waals surface area contributed by atoms with Gasteiger partial charge in [0.05, 0.1) is 12.2 Å². The molecule has 0 bridgehead atoms. The van der Waals surface area contributed by atoms with E-state index in [4.69, 9.17) is 10.2 Å². The number of aliphatic carboxylic acids is 1. The number of carbonyl (C=O) groups is 2. The van der Waals surface area contributed by atoms with Gasteiger partial charge in [0, 0.05) is 58.9 Å². The lowest BCUT2D eigenvalue weighted by Gasteiger charge is -2.31. The minimum atomic E-state index is -1.01. The van der Waals surface area contributed by atoms with Gasteiger partial charge in [-0.05, 0) is 26.2 Å². The monoisotopic (exact) mass is 393 g/mol. The standard InChI is InChI=1S/C19H31N5O4/c1-21-6-10-23(14-16-4-3-5-17(20-16)19(27)28)11-7-22(2)9-13-24(12-8-21)15-18(25)26/h3-5H,6-15H2,1-2H3,(H,25,26)(H,27,28). The lowest BCUT2D eigenvalue weighted by atomic mass is 10.2. The molecule has 9 nitrogen and oxygen atoms in total. The van der Waals surface area contributed by atoms with Crippen LogP contribution in [0.5, 0.6) is 0 Å². The smallest absolute Gasteiger partial charge is 0.354 e. The van der Waals surface area contributed by atoms with Crippen molar-refractivity contribution in [3.8, 4) is 0 Å². The Kier molecular flexibility index (Phi) is 8.78. The maximum absolute atomic E-state index is 11.1. The summed E-state index contributed by atoms with van der Waals surface area (Å²) in [5.41, 5.74) is 0.824. The van der Waals surface area contributed by atoms with Gasteiger partial charge in [0.15, 0.2) is 0 Å². The molecule has 156 valence electrons. The average molecular weight is 393 g/mol. The van der Waals surface area contributed by atoms with E-state index >= 15 is 0 Å². The molecule has 28 heavy (non-hydrogen) atoms. The Morgan fingerprint density at radius 3 is 1.93 bits per heavy atom. The molecular weight excluding hydrogens is 362 g/mol. The van der Waals surface area contributed by atoms with Crippen LogP contribution in [0.2, 0.25) is 0 Å². The summed E-state index contributed by atoms with van der Waals surface area (Å²) in [6.45, 7) is 7.09. The molecule has 0 aliphatic carbocycles. The van der Waals surface area contributed by atoms with E-state index in [1.165, 1.54) is 6.07 Å².